The Hall–Kier alpha value is -1.79. The lowest BCUT2D eigenvalue weighted by Gasteiger charge is -2.11. The molecule has 0 aliphatic heterocycles. The highest BCUT2D eigenvalue weighted by molar-refractivity contribution is 5.35. The number of benzene rings is 1. The summed E-state index contributed by atoms with van der Waals surface area (Å²) in [6, 6.07) is 2.43. The first-order valence-corrected chi connectivity index (χ1v) is 7.40. The molecule has 7 heteroatoms. The minimum Gasteiger partial charge on any atom is -0.490 e. The fourth-order valence-corrected chi connectivity index (χ4v) is 1.78. The molecule has 0 saturated heterocycles. The molecule has 0 unspecified atom stereocenters. The van der Waals surface area contributed by atoms with Crippen molar-refractivity contribution in [3.63, 3.8) is 0 Å². The SMILES string of the molecule is CCCCCOc1ccc(OCCCC(F)=C(F)F)c(F)c1F. The summed E-state index contributed by atoms with van der Waals surface area (Å²) < 4.78 is 73.8. The summed E-state index contributed by atoms with van der Waals surface area (Å²) in [6.07, 6.45) is -0.345. The summed E-state index contributed by atoms with van der Waals surface area (Å²) in [5.74, 6) is -4.49. The van der Waals surface area contributed by atoms with Crippen LogP contribution < -0.4 is 9.47 Å². The van der Waals surface area contributed by atoms with Gasteiger partial charge in [-0.1, -0.05) is 19.8 Å². The van der Waals surface area contributed by atoms with Crippen molar-refractivity contribution in [2.45, 2.75) is 39.0 Å². The number of halogens is 5. The van der Waals surface area contributed by atoms with Gasteiger partial charge >= 0.3 is 6.08 Å². The zero-order valence-corrected chi connectivity index (χ0v) is 12.8. The summed E-state index contributed by atoms with van der Waals surface area (Å²) in [5.41, 5.74) is 0. The maximum Gasteiger partial charge on any atom is 0.301 e. The molecule has 0 heterocycles. The average Bonchev–Trinajstić information content (AvgIpc) is 2.53. The lowest BCUT2D eigenvalue weighted by atomic mass is 10.2. The van der Waals surface area contributed by atoms with Crippen molar-refractivity contribution in [1.82, 2.24) is 0 Å². The van der Waals surface area contributed by atoms with E-state index in [1.165, 1.54) is 12.1 Å². The molecule has 0 aliphatic carbocycles. The predicted octanol–water partition coefficient (Wildman–Crippen LogP) is 5.77. The normalized spacial score (nSPS) is 10.5. The second-order valence-corrected chi connectivity index (χ2v) is 4.86. The second-order valence-electron chi connectivity index (χ2n) is 4.86. The van der Waals surface area contributed by atoms with Crippen molar-refractivity contribution in [2.24, 2.45) is 0 Å². The van der Waals surface area contributed by atoms with E-state index in [9.17, 15) is 22.0 Å². The van der Waals surface area contributed by atoms with Crippen LogP contribution in [0.2, 0.25) is 0 Å². The van der Waals surface area contributed by atoms with Crippen LogP contribution in [0.25, 0.3) is 0 Å². The van der Waals surface area contributed by atoms with Crippen molar-refractivity contribution in [3.8, 4) is 11.5 Å². The lowest BCUT2D eigenvalue weighted by Crippen LogP contribution is -2.04. The number of hydrogen-bond donors (Lipinski definition) is 0. The maximum absolute atomic E-state index is 13.8. The van der Waals surface area contributed by atoms with Crippen molar-refractivity contribution < 1.29 is 31.4 Å². The van der Waals surface area contributed by atoms with E-state index in [0.717, 1.165) is 19.3 Å². The molecule has 0 bridgehead atoms. The molecule has 0 spiro atoms. The third-order valence-electron chi connectivity index (χ3n) is 3.02. The molecule has 0 radical (unpaired) electrons. The van der Waals surface area contributed by atoms with Gasteiger partial charge in [0, 0.05) is 6.42 Å². The van der Waals surface area contributed by atoms with E-state index in [0.29, 0.717) is 0 Å². The Morgan fingerprint density at radius 2 is 1.39 bits per heavy atom. The second kappa shape index (κ2) is 10.1. The highest BCUT2D eigenvalue weighted by Crippen LogP contribution is 2.28. The molecule has 130 valence electrons. The molecular weight excluding hydrogens is 319 g/mol. The van der Waals surface area contributed by atoms with Crippen LogP contribution in [0.1, 0.15) is 39.0 Å². The largest absolute Gasteiger partial charge is 0.490 e. The summed E-state index contributed by atoms with van der Waals surface area (Å²) in [4.78, 5) is 0. The molecule has 0 atom stereocenters. The molecular formula is C16H19F5O2. The monoisotopic (exact) mass is 338 g/mol. The zero-order valence-electron chi connectivity index (χ0n) is 12.8. The molecule has 1 aromatic rings. The van der Waals surface area contributed by atoms with Gasteiger partial charge in [-0.05, 0) is 25.0 Å². The van der Waals surface area contributed by atoms with Crippen LogP contribution in [0.5, 0.6) is 11.5 Å². The van der Waals surface area contributed by atoms with Gasteiger partial charge in [-0.3, -0.25) is 0 Å². The smallest absolute Gasteiger partial charge is 0.301 e. The van der Waals surface area contributed by atoms with Gasteiger partial charge in [-0.25, -0.2) is 4.39 Å². The minimum atomic E-state index is -2.38. The summed E-state index contributed by atoms with van der Waals surface area (Å²) >= 11 is 0. The van der Waals surface area contributed by atoms with Gasteiger partial charge in [0.2, 0.25) is 11.6 Å². The van der Waals surface area contributed by atoms with E-state index in [-0.39, 0.29) is 31.1 Å². The quantitative estimate of drug-likeness (QED) is 0.398. The van der Waals surface area contributed by atoms with E-state index in [1.807, 2.05) is 6.92 Å². The molecule has 1 aromatic carbocycles. The molecule has 0 aliphatic rings. The molecule has 0 aromatic heterocycles. The first-order valence-electron chi connectivity index (χ1n) is 7.40. The van der Waals surface area contributed by atoms with Gasteiger partial charge in [-0.2, -0.15) is 17.6 Å². The lowest BCUT2D eigenvalue weighted by molar-refractivity contribution is 0.266. The number of rotatable bonds is 10. The summed E-state index contributed by atoms with van der Waals surface area (Å²) in [6.45, 7) is 2.08. The molecule has 0 amide bonds. The molecule has 2 nitrogen and oxygen atoms in total. The van der Waals surface area contributed by atoms with E-state index in [2.05, 4.69) is 0 Å². The topological polar surface area (TPSA) is 18.5 Å². The van der Waals surface area contributed by atoms with Crippen LogP contribution in [0.3, 0.4) is 0 Å². The van der Waals surface area contributed by atoms with Gasteiger partial charge in [0.05, 0.1) is 13.2 Å². The third-order valence-corrected chi connectivity index (χ3v) is 3.02. The summed E-state index contributed by atoms with van der Waals surface area (Å²) in [7, 11) is 0. The van der Waals surface area contributed by atoms with Gasteiger partial charge in [0.25, 0.3) is 0 Å². The Bertz CT molecular complexity index is 527. The molecule has 0 saturated carbocycles. The van der Waals surface area contributed by atoms with E-state index < -0.39 is 30.0 Å². The molecule has 0 N–H and O–H groups in total. The number of hydrogen-bond acceptors (Lipinski definition) is 2. The van der Waals surface area contributed by atoms with Crippen LogP contribution in [-0.4, -0.2) is 13.2 Å². The Balaban J connectivity index is 2.51. The van der Waals surface area contributed by atoms with Gasteiger partial charge in [0.15, 0.2) is 17.3 Å². The van der Waals surface area contributed by atoms with Crippen LogP contribution in [-0.2, 0) is 0 Å². The fourth-order valence-electron chi connectivity index (χ4n) is 1.78. The van der Waals surface area contributed by atoms with Crippen molar-refractivity contribution >= 4 is 0 Å². The van der Waals surface area contributed by atoms with Gasteiger partial charge in [-0.15, -0.1) is 0 Å². The number of ether oxygens (including phenoxy) is 2. The predicted molar refractivity (Wildman–Crippen MR) is 76.5 cm³/mol. The Morgan fingerprint density at radius 3 is 1.87 bits per heavy atom. The Kier molecular flexibility index (Phi) is 8.43. The number of allylic oxidation sites excluding steroid dienone is 1. The number of unbranched alkanes of at least 4 members (excludes halogenated alkanes) is 2. The molecule has 0 fully saturated rings. The van der Waals surface area contributed by atoms with Crippen LogP contribution in [0, 0.1) is 11.6 Å². The first-order chi connectivity index (χ1) is 11.0. The fraction of sp³-hybridized carbons (Fsp3) is 0.500. The third kappa shape index (κ3) is 6.46. The average molecular weight is 338 g/mol. The highest BCUT2D eigenvalue weighted by Gasteiger charge is 2.15. The van der Waals surface area contributed by atoms with E-state index >= 15 is 0 Å². The Morgan fingerprint density at radius 1 is 0.870 bits per heavy atom. The first kappa shape index (κ1) is 19.3. The van der Waals surface area contributed by atoms with Crippen LogP contribution in [0.4, 0.5) is 22.0 Å². The van der Waals surface area contributed by atoms with Gasteiger partial charge in [0.1, 0.15) is 0 Å². The van der Waals surface area contributed by atoms with Crippen molar-refractivity contribution in [3.05, 3.63) is 35.7 Å². The Labute approximate surface area is 131 Å². The van der Waals surface area contributed by atoms with E-state index in [4.69, 9.17) is 9.47 Å². The maximum atomic E-state index is 13.8. The van der Waals surface area contributed by atoms with Crippen LogP contribution in [0.15, 0.2) is 24.0 Å². The van der Waals surface area contributed by atoms with Gasteiger partial charge < -0.3 is 9.47 Å². The standard InChI is InChI=1S/C16H19F5O2/c1-2-3-4-9-22-12-7-8-13(15(19)14(12)18)23-10-5-6-11(17)16(20)21/h7-8H,2-6,9-10H2,1H3. The molecule has 1 rings (SSSR count). The van der Waals surface area contributed by atoms with E-state index in [1.54, 1.807) is 0 Å². The molecule has 23 heavy (non-hydrogen) atoms. The zero-order chi connectivity index (χ0) is 17.2. The van der Waals surface area contributed by atoms with Crippen molar-refractivity contribution in [1.29, 1.82) is 0 Å². The van der Waals surface area contributed by atoms with Crippen molar-refractivity contribution in [2.75, 3.05) is 13.2 Å². The highest BCUT2D eigenvalue weighted by atomic mass is 19.3. The van der Waals surface area contributed by atoms with Crippen LogP contribution >= 0.6 is 0 Å². The minimum absolute atomic E-state index is 0.0838. The summed E-state index contributed by atoms with van der Waals surface area (Å²) in [5, 5.41) is 0.